The van der Waals surface area contributed by atoms with Gasteiger partial charge in [-0.2, -0.15) is 0 Å². The quantitative estimate of drug-likeness (QED) is 0.808. The molecule has 2 aromatic carbocycles. The van der Waals surface area contributed by atoms with Gasteiger partial charge in [0.2, 0.25) is 0 Å². The highest BCUT2D eigenvalue weighted by Crippen LogP contribution is 2.30. The van der Waals surface area contributed by atoms with E-state index in [1.165, 1.54) is 0 Å². The second-order valence-corrected chi connectivity index (χ2v) is 4.98. The summed E-state index contributed by atoms with van der Waals surface area (Å²) in [5.41, 5.74) is 1.02. The van der Waals surface area contributed by atoms with Crippen LogP contribution in [-0.4, -0.2) is 25.5 Å². The van der Waals surface area contributed by atoms with Crippen LogP contribution in [0.3, 0.4) is 0 Å². The second kappa shape index (κ2) is 5.97. The SMILES string of the molecule is Clc1ccc(C=NC[C@@H]2COc3ccccc3O2)cc1. The van der Waals surface area contributed by atoms with E-state index in [9.17, 15) is 0 Å². The van der Waals surface area contributed by atoms with Crippen LogP contribution < -0.4 is 9.47 Å². The van der Waals surface area contributed by atoms with Gasteiger partial charge in [0.05, 0.1) is 6.54 Å². The first kappa shape index (κ1) is 13.0. The Hall–Kier alpha value is -2.00. The van der Waals surface area contributed by atoms with E-state index in [0.29, 0.717) is 13.2 Å². The van der Waals surface area contributed by atoms with E-state index in [1.54, 1.807) is 0 Å². The molecule has 4 heteroatoms. The van der Waals surface area contributed by atoms with Crippen molar-refractivity contribution < 1.29 is 9.47 Å². The maximum atomic E-state index is 5.83. The zero-order valence-electron chi connectivity index (χ0n) is 10.8. The van der Waals surface area contributed by atoms with E-state index in [2.05, 4.69) is 4.99 Å². The summed E-state index contributed by atoms with van der Waals surface area (Å²) in [6, 6.07) is 15.2. The Morgan fingerprint density at radius 3 is 2.65 bits per heavy atom. The van der Waals surface area contributed by atoms with Crippen LogP contribution in [0.1, 0.15) is 5.56 Å². The Morgan fingerprint density at radius 1 is 1.10 bits per heavy atom. The Kier molecular flexibility index (Phi) is 3.88. The van der Waals surface area contributed by atoms with Gasteiger partial charge in [-0.3, -0.25) is 4.99 Å². The number of nitrogens with zero attached hydrogens (tertiary/aromatic N) is 1. The van der Waals surface area contributed by atoms with Crippen LogP contribution in [0.25, 0.3) is 0 Å². The standard InChI is InChI=1S/C16H14ClNO2/c17-13-7-5-12(6-8-13)9-18-10-14-11-19-15-3-1-2-4-16(15)20-14/h1-9,14H,10-11H2/t14-/m1/s1. The van der Waals surface area contributed by atoms with Gasteiger partial charge in [0, 0.05) is 11.2 Å². The molecule has 0 N–H and O–H groups in total. The number of benzene rings is 2. The molecule has 20 heavy (non-hydrogen) atoms. The third-order valence-corrected chi connectivity index (χ3v) is 3.24. The summed E-state index contributed by atoms with van der Waals surface area (Å²) in [7, 11) is 0. The summed E-state index contributed by atoms with van der Waals surface area (Å²) in [5.74, 6) is 1.58. The van der Waals surface area contributed by atoms with Gasteiger partial charge >= 0.3 is 0 Å². The molecule has 0 unspecified atom stereocenters. The van der Waals surface area contributed by atoms with Crippen LogP contribution in [0.2, 0.25) is 5.02 Å². The van der Waals surface area contributed by atoms with Gasteiger partial charge in [-0.1, -0.05) is 35.9 Å². The van der Waals surface area contributed by atoms with E-state index in [1.807, 2.05) is 54.7 Å². The van der Waals surface area contributed by atoms with Crippen LogP contribution in [0, 0.1) is 0 Å². The van der Waals surface area contributed by atoms with E-state index in [-0.39, 0.29) is 6.10 Å². The van der Waals surface area contributed by atoms with Crippen molar-refractivity contribution in [2.75, 3.05) is 13.2 Å². The third-order valence-electron chi connectivity index (χ3n) is 2.99. The number of fused-ring (bicyclic) bond motifs is 1. The van der Waals surface area contributed by atoms with Crippen LogP contribution in [0.15, 0.2) is 53.5 Å². The Labute approximate surface area is 122 Å². The maximum absolute atomic E-state index is 5.83. The Morgan fingerprint density at radius 2 is 1.85 bits per heavy atom. The lowest BCUT2D eigenvalue weighted by Gasteiger charge is -2.25. The molecule has 1 aliphatic heterocycles. The van der Waals surface area contributed by atoms with Crippen LogP contribution in [0.4, 0.5) is 0 Å². The van der Waals surface area contributed by atoms with Crippen molar-refractivity contribution in [1.29, 1.82) is 0 Å². The van der Waals surface area contributed by atoms with Crippen LogP contribution in [-0.2, 0) is 0 Å². The molecule has 0 spiro atoms. The molecule has 1 atom stereocenters. The number of ether oxygens (including phenoxy) is 2. The molecule has 0 fully saturated rings. The fourth-order valence-electron chi connectivity index (χ4n) is 1.98. The van der Waals surface area contributed by atoms with Crippen molar-refractivity contribution in [3.05, 3.63) is 59.1 Å². The van der Waals surface area contributed by atoms with Gasteiger partial charge in [-0.05, 0) is 29.8 Å². The zero-order valence-corrected chi connectivity index (χ0v) is 11.6. The Bertz CT molecular complexity index is 610. The number of hydrogen-bond acceptors (Lipinski definition) is 3. The van der Waals surface area contributed by atoms with Crippen LogP contribution >= 0.6 is 11.6 Å². The fraction of sp³-hybridized carbons (Fsp3) is 0.188. The molecular weight excluding hydrogens is 274 g/mol. The first-order valence-corrected chi connectivity index (χ1v) is 6.83. The molecule has 3 rings (SSSR count). The topological polar surface area (TPSA) is 30.8 Å². The second-order valence-electron chi connectivity index (χ2n) is 4.54. The lowest BCUT2D eigenvalue weighted by molar-refractivity contribution is 0.0973. The highest BCUT2D eigenvalue weighted by molar-refractivity contribution is 6.30. The first-order chi connectivity index (χ1) is 9.81. The van der Waals surface area contributed by atoms with Gasteiger partial charge in [-0.25, -0.2) is 0 Å². The van der Waals surface area contributed by atoms with Gasteiger partial charge in [0.1, 0.15) is 6.61 Å². The summed E-state index contributed by atoms with van der Waals surface area (Å²) < 4.78 is 11.5. The fourth-order valence-corrected chi connectivity index (χ4v) is 2.10. The van der Waals surface area contributed by atoms with Gasteiger partial charge in [-0.15, -0.1) is 0 Å². The molecule has 102 valence electrons. The molecule has 0 radical (unpaired) electrons. The first-order valence-electron chi connectivity index (χ1n) is 6.45. The number of aliphatic imine (C=N–C) groups is 1. The average molecular weight is 288 g/mol. The molecule has 0 bridgehead atoms. The number of hydrogen-bond donors (Lipinski definition) is 0. The lowest BCUT2D eigenvalue weighted by Crippen LogP contribution is -2.31. The predicted octanol–water partition coefficient (Wildman–Crippen LogP) is 3.60. The number of para-hydroxylation sites is 2. The predicted molar refractivity (Wildman–Crippen MR) is 80.3 cm³/mol. The Balaban J connectivity index is 1.59. The molecular formula is C16H14ClNO2. The summed E-state index contributed by atoms with van der Waals surface area (Å²) >= 11 is 5.83. The van der Waals surface area contributed by atoms with Crippen molar-refractivity contribution in [3.63, 3.8) is 0 Å². The minimum atomic E-state index is -0.0477. The smallest absolute Gasteiger partial charge is 0.161 e. The summed E-state index contributed by atoms with van der Waals surface area (Å²) in [4.78, 5) is 4.39. The third kappa shape index (κ3) is 3.11. The largest absolute Gasteiger partial charge is 0.486 e. The van der Waals surface area contributed by atoms with Crippen molar-refractivity contribution in [2.24, 2.45) is 4.99 Å². The van der Waals surface area contributed by atoms with Gasteiger partial charge in [0.25, 0.3) is 0 Å². The average Bonchev–Trinajstić information content (AvgIpc) is 2.49. The van der Waals surface area contributed by atoms with Gasteiger partial charge < -0.3 is 9.47 Å². The monoisotopic (exact) mass is 287 g/mol. The summed E-state index contributed by atoms with van der Waals surface area (Å²) in [6.45, 7) is 1.09. The summed E-state index contributed by atoms with van der Waals surface area (Å²) in [5, 5.41) is 0.725. The molecule has 0 aliphatic carbocycles. The lowest BCUT2D eigenvalue weighted by atomic mass is 10.2. The van der Waals surface area contributed by atoms with E-state index < -0.39 is 0 Å². The molecule has 0 saturated heterocycles. The number of halogens is 1. The molecule has 0 saturated carbocycles. The van der Waals surface area contributed by atoms with Gasteiger partial charge in [0.15, 0.2) is 17.6 Å². The molecule has 1 aliphatic rings. The number of rotatable bonds is 3. The van der Waals surface area contributed by atoms with Crippen molar-refractivity contribution in [3.8, 4) is 11.5 Å². The van der Waals surface area contributed by atoms with E-state index >= 15 is 0 Å². The molecule has 1 heterocycles. The highest BCUT2D eigenvalue weighted by Gasteiger charge is 2.19. The molecule has 0 aromatic heterocycles. The molecule has 3 nitrogen and oxygen atoms in total. The minimum absolute atomic E-state index is 0.0477. The van der Waals surface area contributed by atoms with E-state index in [4.69, 9.17) is 21.1 Å². The van der Waals surface area contributed by atoms with Crippen molar-refractivity contribution in [1.82, 2.24) is 0 Å². The van der Waals surface area contributed by atoms with Crippen molar-refractivity contribution in [2.45, 2.75) is 6.10 Å². The highest BCUT2D eigenvalue weighted by atomic mass is 35.5. The summed E-state index contributed by atoms with van der Waals surface area (Å²) in [6.07, 6.45) is 1.77. The van der Waals surface area contributed by atoms with Crippen LogP contribution in [0.5, 0.6) is 11.5 Å². The molecule has 0 amide bonds. The minimum Gasteiger partial charge on any atom is -0.486 e. The maximum Gasteiger partial charge on any atom is 0.161 e. The van der Waals surface area contributed by atoms with E-state index in [0.717, 1.165) is 22.1 Å². The zero-order chi connectivity index (χ0) is 13.8. The normalized spacial score (nSPS) is 17.4. The molecule has 2 aromatic rings. The van der Waals surface area contributed by atoms with Crippen molar-refractivity contribution >= 4 is 17.8 Å².